The molecule has 3 aromatic rings. The van der Waals surface area contributed by atoms with Gasteiger partial charge in [0.2, 0.25) is 5.91 Å². The number of hydrogen-bond donors (Lipinski definition) is 2. The van der Waals surface area contributed by atoms with Crippen LogP contribution in [0, 0.1) is 11.6 Å². The van der Waals surface area contributed by atoms with Crippen molar-refractivity contribution >= 4 is 37.9 Å². The summed E-state index contributed by atoms with van der Waals surface area (Å²) >= 11 is 1.28. The second-order valence-corrected chi connectivity index (χ2v) is 9.09. The Kier molecular flexibility index (Phi) is 6.23. The van der Waals surface area contributed by atoms with E-state index in [2.05, 4.69) is 15.6 Å². The molecule has 0 radical (unpaired) electrons. The van der Waals surface area contributed by atoms with Crippen molar-refractivity contribution in [3.05, 3.63) is 70.7 Å². The molecule has 3 rings (SSSR count). The quantitative estimate of drug-likeness (QED) is 0.591. The number of amides is 1. The number of rotatable bonds is 7. The largest absolute Gasteiger partial charge is 0.351 e. The van der Waals surface area contributed by atoms with E-state index in [-0.39, 0.29) is 23.4 Å². The molecule has 2 aromatic carbocycles. The van der Waals surface area contributed by atoms with E-state index in [4.69, 9.17) is 0 Å². The van der Waals surface area contributed by atoms with E-state index in [1.54, 1.807) is 17.5 Å². The van der Waals surface area contributed by atoms with Gasteiger partial charge in [-0.3, -0.25) is 4.79 Å². The molecule has 152 valence electrons. The number of nitrogens with one attached hydrogen (secondary N) is 2. The number of halogens is 2. The van der Waals surface area contributed by atoms with Crippen LogP contribution in [0.4, 0.5) is 19.6 Å². The van der Waals surface area contributed by atoms with E-state index in [1.165, 1.54) is 29.5 Å². The van der Waals surface area contributed by atoms with Gasteiger partial charge in [0, 0.05) is 29.4 Å². The molecule has 0 unspecified atom stereocenters. The van der Waals surface area contributed by atoms with Gasteiger partial charge in [0.05, 0.1) is 17.0 Å². The number of hydrogen-bond acceptors (Lipinski definition) is 6. The van der Waals surface area contributed by atoms with Crippen LogP contribution in [0.2, 0.25) is 0 Å². The molecule has 29 heavy (non-hydrogen) atoms. The van der Waals surface area contributed by atoms with Crippen LogP contribution < -0.4 is 10.6 Å². The van der Waals surface area contributed by atoms with Gasteiger partial charge in [0.1, 0.15) is 11.6 Å². The molecular weight excluding hydrogens is 420 g/mol. The third-order valence-corrected chi connectivity index (χ3v) is 5.89. The number of thiazole rings is 1. The zero-order valence-electron chi connectivity index (χ0n) is 15.3. The molecule has 0 bridgehead atoms. The third kappa shape index (κ3) is 5.58. The highest BCUT2D eigenvalue weighted by atomic mass is 32.2. The first-order chi connectivity index (χ1) is 13.7. The first-order valence-electron chi connectivity index (χ1n) is 8.43. The first kappa shape index (κ1) is 20.9. The fourth-order valence-electron chi connectivity index (χ4n) is 2.47. The van der Waals surface area contributed by atoms with Crippen LogP contribution in [0.1, 0.15) is 11.3 Å². The summed E-state index contributed by atoms with van der Waals surface area (Å²) in [5.74, 6) is -1.85. The molecule has 0 saturated heterocycles. The van der Waals surface area contributed by atoms with Gasteiger partial charge in [-0.2, -0.15) is 0 Å². The van der Waals surface area contributed by atoms with E-state index in [0.29, 0.717) is 16.5 Å². The molecule has 0 aliphatic heterocycles. The van der Waals surface area contributed by atoms with Gasteiger partial charge in [-0.25, -0.2) is 22.2 Å². The van der Waals surface area contributed by atoms with Crippen molar-refractivity contribution in [2.75, 3.05) is 11.6 Å². The van der Waals surface area contributed by atoms with E-state index in [1.807, 2.05) is 0 Å². The lowest BCUT2D eigenvalue weighted by atomic mass is 10.2. The van der Waals surface area contributed by atoms with E-state index >= 15 is 0 Å². The number of nitrogens with zero attached hydrogens (tertiary/aromatic N) is 1. The van der Waals surface area contributed by atoms with E-state index in [0.717, 1.165) is 18.4 Å². The molecule has 0 fully saturated rings. The molecule has 0 atom stereocenters. The van der Waals surface area contributed by atoms with E-state index < -0.39 is 27.4 Å². The van der Waals surface area contributed by atoms with Crippen LogP contribution in [0.25, 0.3) is 0 Å². The van der Waals surface area contributed by atoms with Crippen LogP contribution in [0.5, 0.6) is 0 Å². The Balaban J connectivity index is 1.56. The van der Waals surface area contributed by atoms with Crippen LogP contribution >= 0.6 is 11.3 Å². The maximum absolute atomic E-state index is 13.6. The average molecular weight is 437 g/mol. The normalized spacial score (nSPS) is 11.3. The van der Waals surface area contributed by atoms with Gasteiger partial charge >= 0.3 is 0 Å². The number of carbonyl (C=O) groups is 1. The Morgan fingerprint density at radius 1 is 1.10 bits per heavy atom. The minimum Gasteiger partial charge on any atom is -0.351 e. The lowest BCUT2D eigenvalue weighted by molar-refractivity contribution is -0.120. The molecule has 1 aromatic heterocycles. The topological polar surface area (TPSA) is 88.2 Å². The van der Waals surface area contributed by atoms with Crippen molar-refractivity contribution in [1.29, 1.82) is 0 Å². The monoisotopic (exact) mass is 437 g/mol. The summed E-state index contributed by atoms with van der Waals surface area (Å²) in [6.07, 6.45) is 1.09. The number of anilines is 2. The highest BCUT2D eigenvalue weighted by molar-refractivity contribution is 7.90. The third-order valence-electron chi connectivity index (χ3n) is 3.95. The number of aromatic nitrogens is 1. The van der Waals surface area contributed by atoms with Crippen LogP contribution in [-0.2, 0) is 27.6 Å². The average Bonchev–Trinajstić information content (AvgIpc) is 3.07. The maximum Gasteiger partial charge on any atom is 0.226 e. The van der Waals surface area contributed by atoms with Crippen molar-refractivity contribution in [3.8, 4) is 0 Å². The molecule has 2 N–H and O–H groups in total. The summed E-state index contributed by atoms with van der Waals surface area (Å²) in [5.41, 5.74) is 0.952. The summed E-state index contributed by atoms with van der Waals surface area (Å²) in [5, 5.41) is 7.73. The van der Waals surface area contributed by atoms with Gasteiger partial charge in [-0.15, -0.1) is 11.3 Å². The molecular formula is C19H17F2N3O3S2. The molecule has 1 amide bonds. The Hall–Kier alpha value is -2.85. The second-order valence-electron chi connectivity index (χ2n) is 6.22. The Labute approximate surface area is 170 Å². The van der Waals surface area contributed by atoms with Crippen molar-refractivity contribution in [1.82, 2.24) is 10.3 Å². The smallest absolute Gasteiger partial charge is 0.226 e. The van der Waals surface area contributed by atoms with Crippen molar-refractivity contribution in [2.24, 2.45) is 0 Å². The minimum atomic E-state index is -3.27. The highest BCUT2D eigenvalue weighted by Gasteiger charge is 2.12. The van der Waals surface area contributed by atoms with Crippen LogP contribution in [0.3, 0.4) is 0 Å². The van der Waals surface area contributed by atoms with Gasteiger partial charge in [0.15, 0.2) is 15.0 Å². The summed E-state index contributed by atoms with van der Waals surface area (Å²) in [6, 6.07) is 9.73. The maximum atomic E-state index is 13.6. The highest BCUT2D eigenvalue weighted by Crippen LogP contribution is 2.22. The van der Waals surface area contributed by atoms with Crippen molar-refractivity contribution in [3.63, 3.8) is 0 Å². The van der Waals surface area contributed by atoms with Crippen molar-refractivity contribution < 1.29 is 22.0 Å². The molecule has 1 heterocycles. The standard InChI is InChI=1S/C19H17F2N3O3S2/c1-29(26,27)14-7-5-12(6-8-14)23-19-24-13(11-28-19)9-18(25)22-10-15-16(20)3-2-4-17(15)21/h2-8,11H,9-10H2,1H3,(H,22,25)(H,23,24). The molecule has 0 spiro atoms. The summed E-state index contributed by atoms with van der Waals surface area (Å²) in [6.45, 7) is -0.251. The summed E-state index contributed by atoms with van der Waals surface area (Å²) in [4.78, 5) is 16.5. The molecule has 10 heteroatoms. The summed E-state index contributed by atoms with van der Waals surface area (Å²) in [7, 11) is -3.27. The van der Waals surface area contributed by atoms with Gasteiger partial charge in [-0.05, 0) is 36.4 Å². The van der Waals surface area contributed by atoms with E-state index in [9.17, 15) is 22.0 Å². The van der Waals surface area contributed by atoms with Gasteiger partial charge in [0.25, 0.3) is 0 Å². The molecule has 0 aliphatic rings. The SMILES string of the molecule is CS(=O)(=O)c1ccc(Nc2nc(CC(=O)NCc3c(F)cccc3F)cs2)cc1. The zero-order valence-corrected chi connectivity index (χ0v) is 16.9. The summed E-state index contributed by atoms with van der Waals surface area (Å²) < 4.78 is 50.1. The zero-order chi connectivity index (χ0) is 21.0. The number of benzene rings is 2. The molecule has 0 aliphatic carbocycles. The predicted molar refractivity (Wildman–Crippen MR) is 107 cm³/mol. The molecule has 6 nitrogen and oxygen atoms in total. The second kappa shape index (κ2) is 8.66. The predicted octanol–water partition coefficient (Wildman–Crippen LogP) is 3.43. The molecule has 0 saturated carbocycles. The number of carbonyl (C=O) groups excluding carboxylic acids is 1. The lowest BCUT2D eigenvalue weighted by Crippen LogP contribution is -2.25. The Morgan fingerprint density at radius 2 is 1.76 bits per heavy atom. The van der Waals surface area contributed by atoms with Crippen molar-refractivity contribution in [2.45, 2.75) is 17.9 Å². The fourth-order valence-corrected chi connectivity index (χ4v) is 3.83. The Morgan fingerprint density at radius 3 is 2.38 bits per heavy atom. The van der Waals surface area contributed by atoms with Gasteiger partial charge in [-0.1, -0.05) is 6.07 Å². The lowest BCUT2D eigenvalue weighted by Gasteiger charge is -2.06. The van der Waals surface area contributed by atoms with Crippen LogP contribution in [-0.4, -0.2) is 25.6 Å². The Bertz CT molecular complexity index is 1110. The number of sulfone groups is 1. The van der Waals surface area contributed by atoms with Crippen LogP contribution in [0.15, 0.2) is 52.7 Å². The van der Waals surface area contributed by atoms with Gasteiger partial charge < -0.3 is 10.6 Å². The fraction of sp³-hybridized carbons (Fsp3) is 0.158. The minimum absolute atomic E-state index is 0.0404. The first-order valence-corrected chi connectivity index (χ1v) is 11.2.